The van der Waals surface area contributed by atoms with Gasteiger partial charge in [0.05, 0.1) is 30.5 Å². The number of nitrogens with one attached hydrogen (secondary N) is 5. The van der Waals surface area contributed by atoms with E-state index in [-0.39, 0.29) is 112 Å². The van der Waals surface area contributed by atoms with Crippen molar-refractivity contribution < 1.29 is 56.8 Å². The number of imide groups is 1. The molecule has 22 nitrogen and oxygen atoms in total. The lowest BCUT2D eigenvalue weighted by Gasteiger charge is -2.19. The number of rotatable bonds is 38. The van der Waals surface area contributed by atoms with Gasteiger partial charge in [0.1, 0.15) is 12.4 Å². The number of ether oxygens (including phenoxy) is 1. The summed E-state index contributed by atoms with van der Waals surface area (Å²) in [5.74, 6) is -1.49. The summed E-state index contributed by atoms with van der Waals surface area (Å²) >= 11 is 1.45. The third kappa shape index (κ3) is 25.1. The number of carbonyl (C=O) groups excluding carboxylic acids is 7. The molecule has 1 fully saturated rings. The molecular weight excluding hydrogens is 912 g/mol. The molecule has 380 valence electrons. The van der Waals surface area contributed by atoms with Crippen LogP contribution in [0.3, 0.4) is 0 Å². The number of benzene rings is 1. The van der Waals surface area contributed by atoms with Crippen LogP contribution in [0.5, 0.6) is 5.75 Å². The minimum Gasteiger partial charge on any atom is -0.756 e. The van der Waals surface area contributed by atoms with E-state index in [1.807, 2.05) is 0 Å². The van der Waals surface area contributed by atoms with Crippen LogP contribution >= 0.6 is 19.6 Å². The first-order valence-electron chi connectivity index (χ1n) is 23.2. The van der Waals surface area contributed by atoms with Gasteiger partial charge in [0, 0.05) is 63.8 Å². The summed E-state index contributed by atoms with van der Waals surface area (Å²) in [5.41, 5.74) is 23.1. The van der Waals surface area contributed by atoms with E-state index in [4.69, 9.17) is 27.7 Å². The van der Waals surface area contributed by atoms with Gasteiger partial charge in [-0.1, -0.05) is 32.1 Å². The Morgan fingerprint density at radius 3 is 1.85 bits per heavy atom. The quantitative estimate of drug-likeness (QED) is 0.0237. The second-order valence-corrected chi connectivity index (χ2v) is 18.8. The van der Waals surface area contributed by atoms with E-state index in [2.05, 4.69) is 35.6 Å². The number of nitrogens with zero attached hydrogens (tertiary/aromatic N) is 1. The Bertz CT molecular complexity index is 1700. The number of hydrogen-bond donors (Lipinski definition) is 9. The Kier molecular flexibility index (Phi) is 30.0. The van der Waals surface area contributed by atoms with Crippen LogP contribution in [0, 0.1) is 0 Å². The lowest BCUT2D eigenvalue weighted by atomic mass is 10.1. The van der Waals surface area contributed by atoms with E-state index >= 15 is 0 Å². The second kappa shape index (κ2) is 34.2. The van der Waals surface area contributed by atoms with Gasteiger partial charge in [0.25, 0.3) is 19.6 Å². The van der Waals surface area contributed by atoms with Gasteiger partial charge < -0.3 is 68.2 Å². The first-order valence-corrected chi connectivity index (χ1v) is 25.7. The van der Waals surface area contributed by atoms with Crippen LogP contribution in [-0.4, -0.2) is 142 Å². The highest BCUT2D eigenvalue weighted by Crippen LogP contribution is 2.37. The maximum Gasteiger partial charge on any atom is 0.267 e. The molecule has 0 spiro atoms. The van der Waals surface area contributed by atoms with E-state index < -0.39 is 37.0 Å². The molecule has 1 aromatic rings. The largest absolute Gasteiger partial charge is 0.756 e. The molecule has 7 amide bonds. The van der Waals surface area contributed by atoms with E-state index in [0.717, 1.165) is 52.1 Å². The van der Waals surface area contributed by atoms with Crippen molar-refractivity contribution in [1.29, 1.82) is 0 Å². The van der Waals surface area contributed by atoms with Crippen LogP contribution in [0.2, 0.25) is 0 Å². The van der Waals surface area contributed by atoms with Crippen molar-refractivity contribution in [1.82, 2.24) is 31.5 Å². The molecule has 13 N–H and O–H groups in total. The van der Waals surface area contributed by atoms with Gasteiger partial charge in [0.2, 0.25) is 29.5 Å². The average molecular weight is 986 g/mol. The lowest BCUT2D eigenvalue weighted by Crippen LogP contribution is -2.43. The standard InChI is InChI=1S/C43H75N10O12PS/c1-63-66(61,62)65-24-11-2-3-12-26-67-36-30-38(55)53(43(36)60)23-10-4-5-15-37(54)48-22-25-64-33-28-31(39(56)49-18-20-51-41(58)34(46)13-6-8-16-44)27-32(29-33)40(57)50-19-21-52-42(59)35(47)14-7-9-17-45/h27-29,34-36H,2-26,30,44-47H2,1H3,(H,48,54)(H,49,56)(H,50,57)(H,51,58)(H,52,59)(H,61,62)/p-1/t34-,35-,36?/m0/s1. The molecule has 0 radical (unpaired) electrons. The fourth-order valence-corrected chi connectivity index (χ4v) is 8.27. The average Bonchev–Trinajstić information content (AvgIpc) is 3.58. The third-order valence-corrected chi connectivity index (χ3v) is 12.7. The summed E-state index contributed by atoms with van der Waals surface area (Å²) in [6.45, 7) is 1.91. The molecule has 1 aliphatic heterocycles. The molecule has 1 saturated heterocycles. The molecule has 2 rings (SSSR count). The van der Waals surface area contributed by atoms with Crippen molar-refractivity contribution in [3.05, 3.63) is 29.3 Å². The summed E-state index contributed by atoms with van der Waals surface area (Å²) in [4.78, 5) is 101. The second-order valence-electron chi connectivity index (χ2n) is 16.0. The summed E-state index contributed by atoms with van der Waals surface area (Å²) < 4.78 is 26.0. The number of phosphoric acid groups is 1. The van der Waals surface area contributed by atoms with Gasteiger partial charge in [-0.2, -0.15) is 0 Å². The number of unbranched alkanes of at least 4 members (excludes halogenated alkanes) is 7. The SMILES string of the molecule is COP(=O)([O-])OCCCCCCSC1CC(=O)N(CCCCCC(=O)NCCOc2cc(C(=O)NCCNC(=O)[C@@H](N)CCCCN)cc(C(=O)NCCNC(=O)[C@@H](N)CCCCN)c2)C1=O. The number of carbonyl (C=O) groups is 7. The zero-order chi connectivity index (χ0) is 49.5. The molecular formula is C43H74N10O12PS-. The maximum atomic E-state index is 13.2. The van der Waals surface area contributed by atoms with E-state index in [0.29, 0.717) is 57.4 Å². The van der Waals surface area contributed by atoms with Crippen LogP contribution < -0.4 is 59.1 Å². The van der Waals surface area contributed by atoms with Crippen LogP contribution in [0.15, 0.2) is 18.2 Å². The predicted octanol–water partition coefficient (Wildman–Crippen LogP) is -0.101. The zero-order valence-electron chi connectivity index (χ0n) is 38.9. The predicted molar refractivity (Wildman–Crippen MR) is 252 cm³/mol. The van der Waals surface area contributed by atoms with Gasteiger partial charge in [-0.25, -0.2) is 0 Å². The Hall–Kier alpha value is -4.19. The van der Waals surface area contributed by atoms with Crippen molar-refractivity contribution in [2.75, 3.05) is 78.4 Å². The Morgan fingerprint density at radius 1 is 0.731 bits per heavy atom. The van der Waals surface area contributed by atoms with Crippen molar-refractivity contribution in [3.63, 3.8) is 0 Å². The monoisotopic (exact) mass is 985 g/mol. The van der Waals surface area contributed by atoms with Crippen LogP contribution in [0.25, 0.3) is 0 Å². The Labute approximate surface area is 398 Å². The highest BCUT2D eigenvalue weighted by molar-refractivity contribution is 8.00. The fraction of sp³-hybridized carbons (Fsp3) is 0.698. The smallest absolute Gasteiger partial charge is 0.267 e. The molecule has 1 aromatic carbocycles. The fourth-order valence-electron chi connectivity index (χ4n) is 6.62. The molecule has 0 bridgehead atoms. The Morgan fingerprint density at radius 2 is 1.28 bits per heavy atom. The number of hydrogen-bond acceptors (Lipinski definition) is 17. The zero-order valence-corrected chi connectivity index (χ0v) is 40.6. The first kappa shape index (κ1) is 58.9. The summed E-state index contributed by atoms with van der Waals surface area (Å²) in [5, 5.41) is 13.2. The summed E-state index contributed by atoms with van der Waals surface area (Å²) in [6.07, 6.45) is 9.00. The number of phosphoric ester groups is 1. The number of amides is 7. The van der Waals surface area contributed by atoms with Gasteiger partial charge in [-0.3, -0.25) is 43.0 Å². The molecule has 0 saturated carbocycles. The van der Waals surface area contributed by atoms with Gasteiger partial charge in [0.15, 0.2) is 0 Å². The van der Waals surface area contributed by atoms with E-state index in [9.17, 15) is 43.0 Å². The summed E-state index contributed by atoms with van der Waals surface area (Å²) in [6, 6.07) is 2.90. The highest BCUT2D eigenvalue weighted by Gasteiger charge is 2.38. The molecule has 0 aromatic heterocycles. The van der Waals surface area contributed by atoms with Gasteiger partial charge >= 0.3 is 0 Å². The van der Waals surface area contributed by atoms with E-state index in [1.54, 1.807) is 0 Å². The molecule has 24 heteroatoms. The van der Waals surface area contributed by atoms with Crippen LogP contribution in [-0.2, 0) is 37.6 Å². The molecule has 1 aliphatic rings. The molecule has 4 atom stereocenters. The molecule has 1 heterocycles. The summed E-state index contributed by atoms with van der Waals surface area (Å²) in [7, 11) is -3.17. The lowest BCUT2D eigenvalue weighted by molar-refractivity contribution is -0.223. The minimum absolute atomic E-state index is 0.0158. The maximum absolute atomic E-state index is 13.2. The number of nitrogens with two attached hydrogens (primary N) is 4. The highest BCUT2D eigenvalue weighted by atomic mass is 32.2. The van der Waals surface area contributed by atoms with Crippen molar-refractivity contribution in [3.8, 4) is 5.75 Å². The molecule has 0 aliphatic carbocycles. The normalized spacial score (nSPS) is 15.4. The molecule has 2 unspecified atom stereocenters. The Balaban J connectivity index is 1.80. The third-order valence-electron chi connectivity index (χ3n) is 10.5. The first-order chi connectivity index (χ1) is 32.1. The van der Waals surface area contributed by atoms with Gasteiger partial charge in [-0.05, 0) is 88.4 Å². The minimum atomic E-state index is -4.21. The van der Waals surface area contributed by atoms with Gasteiger partial charge in [-0.15, -0.1) is 11.8 Å². The van der Waals surface area contributed by atoms with E-state index in [1.165, 1.54) is 34.9 Å². The van der Waals surface area contributed by atoms with Crippen LogP contribution in [0.4, 0.5) is 0 Å². The topological polar surface area (TPSA) is 355 Å². The number of likely N-dealkylation sites (tertiary alicyclic amines) is 1. The number of thioether (sulfide) groups is 1. The molecule has 67 heavy (non-hydrogen) atoms. The van der Waals surface area contributed by atoms with Crippen molar-refractivity contribution >= 4 is 60.9 Å². The van der Waals surface area contributed by atoms with Crippen molar-refractivity contribution in [2.24, 2.45) is 22.9 Å². The van der Waals surface area contributed by atoms with Crippen LogP contribution in [0.1, 0.15) is 117 Å². The van der Waals surface area contributed by atoms with Crippen molar-refractivity contribution in [2.45, 2.75) is 114 Å².